The minimum Gasteiger partial charge on any atom is -0.496 e. The van der Waals surface area contributed by atoms with Gasteiger partial charge in [0.2, 0.25) is 6.54 Å². The molecule has 0 atom stereocenters. The average Bonchev–Trinajstić information content (AvgIpc) is 2.28. The Labute approximate surface area is 89.2 Å². The highest BCUT2D eigenvalue weighted by Gasteiger charge is 2.12. The van der Waals surface area contributed by atoms with Gasteiger partial charge >= 0.3 is 0 Å². The lowest BCUT2D eigenvalue weighted by molar-refractivity contribution is 0.348. The molecule has 0 aliphatic heterocycles. The van der Waals surface area contributed by atoms with Crippen LogP contribution in [0.1, 0.15) is 5.56 Å². The summed E-state index contributed by atoms with van der Waals surface area (Å²) in [5.74, 6) is 1.85. The first-order valence-electron chi connectivity index (χ1n) is 4.39. The third kappa shape index (κ3) is 2.32. The van der Waals surface area contributed by atoms with E-state index in [1.54, 1.807) is 33.5 Å². The number of hydrogen-bond donors (Lipinski definition) is 0. The van der Waals surface area contributed by atoms with Gasteiger partial charge in [-0.2, -0.15) is 0 Å². The monoisotopic (exact) mass is 207 g/mol. The van der Waals surface area contributed by atoms with E-state index in [1.807, 2.05) is 0 Å². The second-order valence-electron chi connectivity index (χ2n) is 2.84. The van der Waals surface area contributed by atoms with Gasteiger partial charge in [-0.1, -0.05) is 0 Å². The molecule has 0 aromatic heterocycles. The van der Waals surface area contributed by atoms with Crippen molar-refractivity contribution >= 4 is 0 Å². The zero-order valence-electron chi connectivity index (χ0n) is 9.03. The van der Waals surface area contributed by atoms with E-state index in [0.717, 1.165) is 5.56 Å². The molecule has 0 spiro atoms. The Balaban J connectivity index is 3.22. The number of nitrogens with zero attached hydrogens (tertiary/aromatic N) is 1. The normalized spacial score (nSPS) is 9.20. The van der Waals surface area contributed by atoms with Crippen LogP contribution in [-0.4, -0.2) is 21.3 Å². The molecule has 1 aromatic carbocycles. The topological polar surface area (TPSA) is 32.0 Å². The first-order valence-corrected chi connectivity index (χ1v) is 4.39. The van der Waals surface area contributed by atoms with Gasteiger partial charge in [0.15, 0.2) is 11.5 Å². The van der Waals surface area contributed by atoms with Gasteiger partial charge in [-0.05, 0) is 6.07 Å². The second kappa shape index (κ2) is 5.11. The highest BCUT2D eigenvalue weighted by atomic mass is 16.5. The van der Waals surface area contributed by atoms with E-state index in [0.29, 0.717) is 17.2 Å². The summed E-state index contributed by atoms with van der Waals surface area (Å²) in [7, 11) is 4.69. The molecule has 4 heteroatoms. The summed E-state index contributed by atoms with van der Waals surface area (Å²) in [4.78, 5) is 3.32. The Kier molecular flexibility index (Phi) is 3.81. The van der Waals surface area contributed by atoms with Crippen molar-refractivity contribution in [1.82, 2.24) is 0 Å². The van der Waals surface area contributed by atoms with Crippen molar-refractivity contribution < 1.29 is 14.2 Å². The number of benzene rings is 1. The van der Waals surface area contributed by atoms with Crippen LogP contribution in [0.5, 0.6) is 17.2 Å². The number of rotatable bonds is 4. The number of methoxy groups -OCH3 is 3. The van der Waals surface area contributed by atoms with Gasteiger partial charge in [0, 0.05) is 6.07 Å². The lowest BCUT2D eigenvalue weighted by Gasteiger charge is -2.11. The van der Waals surface area contributed by atoms with Crippen LogP contribution in [0.25, 0.3) is 4.85 Å². The summed E-state index contributed by atoms with van der Waals surface area (Å²) >= 11 is 0. The van der Waals surface area contributed by atoms with E-state index >= 15 is 0 Å². The Morgan fingerprint density at radius 2 is 1.53 bits per heavy atom. The molecule has 0 N–H and O–H groups in total. The first-order chi connectivity index (χ1) is 7.26. The molecule has 0 bridgehead atoms. The molecule has 0 radical (unpaired) electrons. The Bertz CT molecular complexity index is 382. The van der Waals surface area contributed by atoms with Crippen LogP contribution in [-0.2, 0) is 6.54 Å². The number of ether oxygens (including phenoxy) is 3. The predicted molar refractivity (Wildman–Crippen MR) is 56.4 cm³/mol. The fourth-order valence-corrected chi connectivity index (χ4v) is 1.30. The highest BCUT2D eigenvalue weighted by Crippen LogP contribution is 2.34. The Morgan fingerprint density at radius 3 is 2.00 bits per heavy atom. The van der Waals surface area contributed by atoms with Crippen LogP contribution >= 0.6 is 0 Å². The van der Waals surface area contributed by atoms with Crippen molar-refractivity contribution in [1.29, 1.82) is 0 Å². The highest BCUT2D eigenvalue weighted by molar-refractivity contribution is 5.51. The summed E-state index contributed by atoms with van der Waals surface area (Å²) in [6, 6.07) is 3.48. The van der Waals surface area contributed by atoms with Gasteiger partial charge < -0.3 is 19.1 Å². The smallest absolute Gasteiger partial charge is 0.243 e. The summed E-state index contributed by atoms with van der Waals surface area (Å²) in [5, 5.41) is 0. The predicted octanol–water partition coefficient (Wildman–Crippen LogP) is 2.13. The molecule has 0 fully saturated rings. The van der Waals surface area contributed by atoms with E-state index in [1.165, 1.54) is 0 Å². The van der Waals surface area contributed by atoms with Crippen molar-refractivity contribution in [2.45, 2.75) is 6.54 Å². The molecule has 1 aromatic rings. The van der Waals surface area contributed by atoms with Crippen LogP contribution in [0, 0.1) is 6.57 Å². The molecule has 0 saturated heterocycles. The van der Waals surface area contributed by atoms with E-state index < -0.39 is 0 Å². The summed E-state index contributed by atoms with van der Waals surface area (Å²) in [5.41, 5.74) is 0.796. The van der Waals surface area contributed by atoms with Crippen molar-refractivity contribution in [3.05, 3.63) is 29.1 Å². The Hall–Kier alpha value is -1.89. The molecule has 0 amide bonds. The van der Waals surface area contributed by atoms with Gasteiger partial charge in [-0.15, -0.1) is 0 Å². The van der Waals surface area contributed by atoms with Gasteiger partial charge in [-0.3, -0.25) is 0 Å². The number of hydrogen-bond acceptors (Lipinski definition) is 3. The summed E-state index contributed by atoms with van der Waals surface area (Å²) in [6.45, 7) is 7.10. The standard InChI is InChI=1S/C11H13NO3/c1-12-7-8-5-10(14-3)11(15-4)6-9(8)13-2/h5-6H,7H2,2-4H3. The van der Waals surface area contributed by atoms with Crippen molar-refractivity contribution in [2.24, 2.45) is 0 Å². The zero-order chi connectivity index (χ0) is 11.3. The van der Waals surface area contributed by atoms with Gasteiger partial charge in [0.1, 0.15) is 5.75 Å². The lowest BCUT2D eigenvalue weighted by Crippen LogP contribution is -1.96. The van der Waals surface area contributed by atoms with E-state index in [2.05, 4.69) is 4.85 Å². The maximum absolute atomic E-state index is 6.84. The molecule has 15 heavy (non-hydrogen) atoms. The van der Waals surface area contributed by atoms with Crippen LogP contribution in [0.4, 0.5) is 0 Å². The lowest BCUT2D eigenvalue weighted by atomic mass is 10.1. The molecular weight excluding hydrogens is 194 g/mol. The first kappa shape index (κ1) is 11.2. The van der Waals surface area contributed by atoms with E-state index in [4.69, 9.17) is 20.8 Å². The van der Waals surface area contributed by atoms with Crippen LogP contribution in [0.15, 0.2) is 12.1 Å². The van der Waals surface area contributed by atoms with Gasteiger partial charge in [0.25, 0.3) is 0 Å². The molecule has 4 nitrogen and oxygen atoms in total. The molecular formula is C11H13NO3. The third-order valence-corrected chi connectivity index (χ3v) is 2.04. The minimum atomic E-state index is 0.267. The van der Waals surface area contributed by atoms with E-state index in [9.17, 15) is 0 Å². The van der Waals surface area contributed by atoms with Crippen LogP contribution in [0.2, 0.25) is 0 Å². The molecule has 0 heterocycles. The molecule has 0 aliphatic carbocycles. The SMILES string of the molecule is [C-]#[N+]Cc1cc(OC)c(OC)cc1OC. The largest absolute Gasteiger partial charge is 0.496 e. The molecule has 1 rings (SSSR count). The summed E-state index contributed by atoms with van der Waals surface area (Å²) < 4.78 is 15.4. The quantitative estimate of drug-likeness (QED) is 0.709. The van der Waals surface area contributed by atoms with Gasteiger partial charge in [-0.25, -0.2) is 6.57 Å². The van der Waals surface area contributed by atoms with E-state index in [-0.39, 0.29) is 6.54 Å². The maximum Gasteiger partial charge on any atom is 0.243 e. The molecule has 80 valence electrons. The van der Waals surface area contributed by atoms with Crippen molar-refractivity contribution in [2.75, 3.05) is 21.3 Å². The van der Waals surface area contributed by atoms with Crippen LogP contribution < -0.4 is 14.2 Å². The minimum absolute atomic E-state index is 0.267. The second-order valence-corrected chi connectivity index (χ2v) is 2.84. The third-order valence-electron chi connectivity index (χ3n) is 2.04. The zero-order valence-corrected chi connectivity index (χ0v) is 9.03. The summed E-state index contributed by atoms with van der Waals surface area (Å²) in [6.07, 6.45) is 0. The van der Waals surface area contributed by atoms with Crippen molar-refractivity contribution in [3.8, 4) is 17.2 Å². The fraction of sp³-hybridized carbons (Fsp3) is 0.364. The molecule has 0 unspecified atom stereocenters. The van der Waals surface area contributed by atoms with Crippen LogP contribution in [0.3, 0.4) is 0 Å². The molecule has 0 aliphatic rings. The average molecular weight is 207 g/mol. The van der Waals surface area contributed by atoms with Crippen molar-refractivity contribution in [3.63, 3.8) is 0 Å². The molecule has 0 saturated carbocycles. The fourth-order valence-electron chi connectivity index (χ4n) is 1.30. The van der Waals surface area contributed by atoms with Gasteiger partial charge in [0.05, 0.1) is 26.9 Å². The Morgan fingerprint density at radius 1 is 1.00 bits per heavy atom. The maximum atomic E-state index is 6.84.